The molecule has 2 atom stereocenters. The Morgan fingerprint density at radius 2 is 1.75 bits per heavy atom. The predicted molar refractivity (Wildman–Crippen MR) is 65.8 cm³/mol. The van der Waals surface area contributed by atoms with Gasteiger partial charge in [-0.1, -0.05) is 55.0 Å². The van der Waals surface area contributed by atoms with Crippen LogP contribution in [0.1, 0.15) is 44.9 Å². The summed E-state index contributed by atoms with van der Waals surface area (Å²) in [5.74, 6) is 0.172. The number of hydrogen-bond acceptors (Lipinski definition) is 1. The number of alkyl halides is 2. The van der Waals surface area contributed by atoms with Gasteiger partial charge in [-0.3, -0.25) is 4.79 Å². The van der Waals surface area contributed by atoms with E-state index < -0.39 is 9.75 Å². The summed E-state index contributed by atoms with van der Waals surface area (Å²) in [5.41, 5.74) is -0.590. The van der Waals surface area contributed by atoms with E-state index in [1.807, 2.05) is 6.08 Å². The number of hydrogen-bond donors (Lipinski definition) is 0. The Morgan fingerprint density at radius 1 is 1.06 bits per heavy atom. The minimum absolute atomic E-state index is 0.143. The Hall–Kier alpha value is -0.0100. The van der Waals surface area contributed by atoms with Gasteiger partial charge in [-0.05, 0) is 25.3 Å². The topological polar surface area (TPSA) is 17.1 Å². The summed E-state index contributed by atoms with van der Waals surface area (Å²) in [7, 11) is 0. The van der Waals surface area contributed by atoms with Crippen molar-refractivity contribution in [1.29, 1.82) is 0 Å². The molecule has 3 aliphatic rings. The molecule has 0 heterocycles. The first-order valence-electron chi connectivity index (χ1n) is 6.17. The van der Waals surface area contributed by atoms with E-state index in [4.69, 9.17) is 23.2 Å². The molecule has 0 aromatic rings. The largest absolute Gasteiger partial charge is 0.294 e. The second-order valence-electron chi connectivity index (χ2n) is 5.45. The van der Waals surface area contributed by atoms with Gasteiger partial charge in [0.25, 0.3) is 0 Å². The lowest BCUT2D eigenvalue weighted by atomic mass is 9.75. The van der Waals surface area contributed by atoms with Gasteiger partial charge in [0.2, 0.25) is 0 Å². The van der Waals surface area contributed by atoms with E-state index in [0.717, 1.165) is 32.1 Å². The molecule has 3 rings (SSSR count). The quantitative estimate of drug-likeness (QED) is 0.600. The lowest BCUT2D eigenvalue weighted by Crippen LogP contribution is -2.27. The molecular weight excluding hydrogens is 243 g/mol. The second kappa shape index (κ2) is 3.26. The molecule has 0 saturated heterocycles. The molecule has 2 fully saturated rings. The van der Waals surface area contributed by atoms with Gasteiger partial charge in [0, 0.05) is 5.41 Å². The Labute approximate surface area is 106 Å². The fourth-order valence-electron chi connectivity index (χ4n) is 4.04. The van der Waals surface area contributed by atoms with Crippen molar-refractivity contribution < 1.29 is 4.79 Å². The van der Waals surface area contributed by atoms with E-state index in [-0.39, 0.29) is 11.2 Å². The van der Waals surface area contributed by atoms with Crippen LogP contribution in [0.15, 0.2) is 12.2 Å². The molecule has 0 amide bonds. The molecule has 88 valence electrons. The Bertz CT molecular complexity index is 374. The average Bonchev–Trinajstić information content (AvgIpc) is 2.60. The average molecular weight is 259 g/mol. The molecule has 3 heteroatoms. The van der Waals surface area contributed by atoms with Gasteiger partial charge in [-0.25, -0.2) is 0 Å². The summed E-state index contributed by atoms with van der Waals surface area (Å²) in [6, 6.07) is 0. The molecule has 0 aromatic heterocycles. The smallest absolute Gasteiger partial charge is 0.165 e. The molecule has 0 spiro atoms. The van der Waals surface area contributed by atoms with Crippen LogP contribution in [0.2, 0.25) is 0 Å². The van der Waals surface area contributed by atoms with Crippen LogP contribution < -0.4 is 0 Å². The molecule has 0 radical (unpaired) electrons. The summed E-state index contributed by atoms with van der Waals surface area (Å²) in [5, 5.41) is 0. The van der Waals surface area contributed by atoms with Crippen LogP contribution >= 0.6 is 23.2 Å². The van der Waals surface area contributed by atoms with Gasteiger partial charge in [-0.2, -0.15) is 0 Å². The Morgan fingerprint density at radius 3 is 2.50 bits per heavy atom. The van der Waals surface area contributed by atoms with E-state index in [1.165, 1.54) is 12.8 Å². The van der Waals surface area contributed by atoms with E-state index in [9.17, 15) is 4.79 Å². The third kappa shape index (κ3) is 0.984. The van der Waals surface area contributed by atoms with E-state index in [0.29, 0.717) is 0 Å². The summed E-state index contributed by atoms with van der Waals surface area (Å²) >= 11 is 13.0. The third-order valence-corrected chi connectivity index (χ3v) is 6.32. The maximum atomic E-state index is 12.2. The first-order chi connectivity index (χ1) is 7.58. The Balaban J connectivity index is 2.07. The zero-order valence-electron chi connectivity index (χ0n) is 9.27. The molecule has 0 N–H and O–H groups in total. The molecular formula is C13H16Cl2O. The molecule has 0 bridgehead atoms. The van der Waals surface area contributed by atoms with Crippen molar-refractivity contribution in [3.05, 3.63) is 12.2 Å². The number of halogens is 2. The number of ketones is 1. The molecule has 2 unspecified atom stereocenters. The fraction of sp³-hybridized carbons (Fsp3) is 0.769. The minimum atomic E-state index is -0.815. The minimum Gasteiger partial charge on any atom is -0.294 e. The fourth-order valence-corrected chi connectivity index (χ4v) is 5.35. The van der Waals surface area contributed by atoms with Crippen LogP contribution in [0.4, 0.5) is 0 Å². The molecule has 16 heavy (non-hydrogen) atoms. The van der Waals surface area contributed by atoms with Crippen LogP contribution in [-0.4, -0.2) is 10.1 Å². The van der Waals surface area contributed by atoms with Crippen molar-refractivity contribution in [2.45, 2.75) is 49.3 Å². The van der Waals surface area contributed by atoms with Crippen molar-refractivity contribution in [2.24, 2.45) is 10.8 Å². The molecule has 2 saturated carbocycles. The molecule has 3 aliphatic carbocycles. The van der Waals surface area contributed by atoms with E-state index >= 15 is 0 Å². The molecule has 0 aliphatic heterocycles. The van der Waals surface area contributed by atoms with Gasteiger partial charge >= 0.3 is 0 Å². The number of rotatable bonds is 0. The van der Waals surface area contributed by atoms with E-state index in [1.54, 1.807) is 6.08 Å². The number of carbonyl (C=O) groups is 1. The summed E-state index contributed by atoms with van der Waals surface area (Å²) in [6.45, 7) is 0. The Kier molecular flexibility index (Phi) is 2.26. The van der Waals surface area contributed by atoms with Gasteiger partial charge < -0.3 is 0 Å². The van der Waals surface area contributed by atoms with Crippen molar-refractivity contribution in [1.82, 2.24) is 0 Å². The highest BCUT2D eigenvalue weighted by Gasteiger charge is 2.87. The summed E-state index contributed by atoms with van der Waals surface area (Å²) in [6.07, 6.45) is 11.1. The van der Waals surface area contributed by atoms with Crippen molar-refractivity contribution in [2.75, 3.05) is 0 Å². The highest BCUT2D eigenvalue weighted by molar-refractivity contribution is 6.54. The standard InChI is InChI=1S/C13H16Cl2O/c14-13(15)11-7-3-1-2-4-9-12(11,13)10(16)6-5-8-11/h5-6H,1-4,7-9H2. The highest BCUT2D eigenvalue weighted by atomic mass is 35.5. The normalized spacial score (nSPS) is 45.2. The van der Waals surface area contributed by atoms with Crippen LogP contribution in [0, 0.1) is 10.8 Å². The number of allylic oxidation sites excluding steroid dienone is 2. The van der Waals surface area contributed by atoms with Gasteiger partial charge in [0.05, 0.1) is 5.41 Å². The zero-order valence-corrected chi connectivity index (χ0v) is 10.8. The van der Waals surface area contributed by atoms with Crippen LogP contribution in [0.3, 0.4) is 0 Å². The van der Waals surface area contributed by atoms with Gasteiger partial charge in [-0.15, -0.1) is 0 Å². The lowest BCUT2D eigenvalue weighted by molar-refractivity contribution is -0.121. The van der Waals surface area contributed by atoms with Crippen molar-refractivity contribution in [3.63, 3.8) is 0 Å². The maximum absolute atomic E-state index is 12.2. The molecule has 1 nitrogen and oxygen atoms in total. The van der Waals surface area contributed by atoms with Gasteiger partial charge in [0.1, 0.15) is 4.33 Å². The number of carbonyl (C=O) groups excluding carboxylic acids is 1. The first kappa shape index (κ1) is 11.1. The monoisotopic (exact) mass is 258 g/mol. The maximum Gasteiger partial charge on any atom is 0.165 e. The summed E-state index contributed by atoms with van der Waals surface area (Å²) in [4.78, 5) is 12.2. The van der Waals surface area contributed by atoms with Crippen LogP contribution in [-0.2, 0) is 4.79 Å². The van der Waals surface area contributed by atoms with Crippen LogP contribution in [0.25, 0.3) is 0 Å². The van der Waals surface area contributed by atoms with Gasteiger partial charge in [0.15, 0.2) is 5.78 Å². The SMILES string of the molecule is O=C1C=CCC23CCCCCCC12C3(Cl)Cl. The van der Waals surface area contributed by atoms with Crippen molar-refractivity contribution >= 4 is 29.0 Å². The second-order valence-corrected chi connectivity index (χ2v) is 6.77. The predicted octanol–water partition coefficient (Wildman–Crippen LogP) is 4.03. The first-order valence-corrected chi connectivity index (χ1v) is 6.93. The van der Waals surface area contributed by atoms with Crippen molar-refractivity contribution in [3.8, 4) is 0 Å². The highest BCUT2D eigenvalue weighted by Crippen LogP contribution is 2.84. The molecule has 0 aromatic carbocycles. The van der Waals surface area contributed by atoms with E-state index in [2.05, 4.69) is 0 Å². The third-order valence-electron chi connectivity index (χ3n) is 4.95. The summed E-state index contributed by atoms with van der Waals surface area (Å²) < 4.78 is -0.815. The van der Waals surface area contributed by atoms with Crippen LogP contribution in [0.5, 0.6) is 0 Å². The lowest BCUT2D eigenvalue weighted by Gasteiger charge is -2.26. The zero-order chi connectivity index (χ0) is 11.4.